The van der Waals surface area contributed by atoms with Gasteiger partial charge in [0.15, 0.2) is 0 Å². The Labute approximate surface area is 274 Å². The van der Waals surface area contributed by atoms with Crippen LogP contribution in [0.2, 0.25) is 0 Å². The van der Waals surface area contributed by atoms with Crippen LogP contribution in [-0.2, 0) is 9.47 Å². The van der Waals surface area contributed by atoms with Crippen LogP contribution >= 0.6 is 0 Å². The van der Waals surface area contributed by atoms with Crippen LogP contribution in [-0.4, -0.2) is 117 Å². The molecule has 5 fully saturated rings. The molecule has 0 radical (unpaired) electrons. The van der Waals surface area contributed by atoms with E-state index in [4.69, 9.17) is 9.47 Å². The van der Waals surface area contributed by atoms with Crippen molar-refractivity contribution >= 4 is 18.1 Å². The highest BCUT2D eigenvalue weighted by molar-refractivity contribution is 5.96. The predicted molar refractivity (Wildman–Crippen MR) is 173 cm³/mol. The number of unbranched alkanes of at least 4 members (excludes halogenated alkanes) is 1. The minimum atomic E-state index is -0.401. The molecular formula is C35H54N6O5. The number of piperidine rings is 3. The molecule has 1 aromatic rings. The number of likely N-dealkylation sites (tertiary alicyclic amines) is 2. The van der Waals surface area contributed by atoms with E-state index in [9.17, 15) is 14.4 Å². The van der Waals surface area contributed by atoms with Crippen LogP contribution in [0.25, 0.3) is 0 Å². The molecule has 11 nitrogen and oxygen atoms in total. The van der Waals surface area contributed by atoms with Gasteiger partial charge in [-0.1, -0.05) is 19.8 Å². The molecule has 1 aromatic heterocycles. The summed E-state index contributed by atoms with van der Waals surface area (Å²) in [5.41, 5.74) is 1.72. The third-order valence-electron chi connectivity index (χ3n) is 12.3. The first-order chi connectivity index (χ1) is 22.1. The Hall–Kier alpha value is -2.95. The maximum absolute atomic E-state index is 13.6. The number of hydrogen-bond donors (Lipinski definition) is 0. The molecule has 3 amide bonds. The lowest BCUT2D eigenvalue weighted by Gasteiger charge is -2.55. The van der Waals surface area contributed by atoms with Crippen LogP contribution in [0.3, 0.4) is 0 Å². The van der Waals surface area contributed by atoms with E-state index in [2.05, 4.69) is 28.7 Å². The van der Waals surface area contributed by atoms with E-state index in [1.165, 1.54) is 13.4 Å². The van der Waals surface area contributed by atoms with Crippen molar-refractivity contribution in [2.45, 2.75) is 122 Å². The number of aromatic nitrogens is 2. The van der Waals surface area contributed by atoms with Gasteiger partial charge >= 0.3 is 12.2 Å². The van der Waals surface area contributed by atoms with Crippen molar-refractivity contribution in [3.63, 3.8) is 0 Å². The standard InChI is InChI=1S/C35H54N6O5/c1-6-7-8-27-22-39(21-26-19-28-9-10-29(20-26)41(28)33(44)45-5)32(43)46-35(27)13-17-40(18-14-35)34(4)11-15-38(16-12-34)31(42)30-24(2)36-23-37-25(30)3/h23,26-29H,6-22H2,1-5H3/t26-,27-,28-,29+/m0/s1. The molecule has 11 heteroatoms. The van der Waals surface area contributed by atoms with E-state index in [1.807, 2.05) is 28.5 Å². The number of nitrogens with zero attached hydrogens (tertiary/aromatic N) is 6. The molecule has 0 unspecified atom stereocenters. The summed E-state index contributed by atoms with van der Waals surface area (Å²) in [5.74, 6) is 0.744. The molecule has 2 bridgehead atoms. The summed E-state index contributed by atoms with van der Waals surface area (Å²) in [5, 5.41) is 0. The molecule has 6 heterocycles. The van der Waals surface area contributed by atoms with E-state index in [0.717, 1.165) is 102 Å². The summed E-state index contributed by atoms with van der Waals surface area (Å²) in [4.78, 5) is 56.4. The van der Waals surface area contributed by atoms with Crippen molar-refractivity contribution in [1.82, 2.24) is 29.6 Å². The van der Waals surface area contributed by atoms with Gasteiger partial charge in [-0.15, -0.1) is 0 Å². The predicted octanol–water partition coefficient (Wildman–Crippen LogP) is 5.19. The fourth-order valence-electron chi connectivity index (χ4n) is 9.44. The largest absolute Gasteiger partial charge is 0.453 e. The van der Waals surface area contributed by atoms with Gasteiger partial charge in [0.1, 0.15) is 11.9 Å². The van der Waals surface area contributed by atoms with E-state index in [1.54, 1.807) is 0 Å². The summed E-state index contributed by atoms with van der Waals surface area (Å²) >= 11 is 0. The first-order valence-corrected chi connectivity index (χ1v) is 17.7. The first-order valence-electron chi connectivity index (χ1n) is 17.7. The van der Waals surface area contributed by atoms with Crippen LogP contribution < -0.4 is 0 Å². The lowest BCUT2D eigenvalue weighted by atomic mass is 9.74. The number of hydrogen-bond acceptors (Lipinski definition) is 8. The molecule has 46 heavy (non-hydrogen) atoms. The molecule has 0 aromatic carbocycles. The molecule has 1 spiro atoms. The number of ether oxygens (including phenoxy) is 2. The monoisotopic (exact) mass is 638 g/mol. The Morgan fingerprint density at radius 1 is 1.00 bits per heavy atom. The van der Waals surface area contributed by atoms with Crippen LogP contribution in [0, 0.1) is 25.7 Å². The number of rotatable bonds is 7. The second-order valence-corrected chi connectivity index (χ2v) is 15.0. The molecule has 254 valence electrons. The Morgan fingerprint density at radius 2 is 1.63 bits per heavy atom. The Balaban J connectivity index is 1.06. The van der Waals surface area contributed by atoms with E-state index >= 15 is 0 Å². The van der Waals surface area contributed by atoms with Gasteiger partial charge in [0.05, 0.1) is 24.1 Å². The number of amides is 3. The zero-order chi connectivity index (χ0) is 32.6. The van der Waals surface area contributed by atoms with Crippen molar-refractivity contribution in [3.05, 3.63) is 23.3 Å². The van der Waals surface area contributed by atoms with Gasteiger partial charge in [-0.25, -0.2) is 19.6 Å². The number of aryl methyl sites for hydroxylation is 2. The molecule has 0 N–H and O–H groups in total. The van der Waals surface area contributed by atoms with Gasteiger partial charge in [0.2, 0.25) is 0 Å². The van der Waals surface area contributed by atoms with E-state index in [-0.39, 0.29) is 35.7 Å². The lowest BCUT2D eigenvalue weighted by molar-refractivity contribution is -0.135. The SMILES string of the molecule is CCCC[C@H]1CN(C[C@@H]2C[C@H]3CC[C@@H](C2)N3C(=O)OC)C(=O)OC12CCN(C1(C)CCN(C(=O)c3c(C)ncnc3C)CC1)CC2. The third kappa shape index (κ3) is 6.20. The second-order valence-electron chi connectivity index (χ2n) is 15.0. The summed E-state index contributed by atoms with van der Waals surface area (Å²) in [6.45, 7) is 13.1. The molecule has 4 atom stereocenters. The van der Waals surface area contributed by atoms with Gasteiger partial charge < -0.3 is 24.2 Å². The molecule has 0 saturated carbocycles. The van der Waals surface area contributed by atoms with Crippen molar-refractivity contribution in [1.29, 1.82) is 0 Å². The molecular weight excluding hydrogens is 584 g/mol. The topological polar surface area (TPSA) is 108 Å². The zero-order valence-electron chi connectivity index (χ0n) is 28.6. The smallest absolute Gasteiger partial charge is 0.410 e. The maximum atomic E-state index is 13.6. The molecule has 5 saturated heterocycles. The van der Waals surface area contributed by atoms with E-state index < -0.39 is 5.60 Å². The third-order valence-corrected chi connectivity index (χ3v) is 12.3. The summed E-state index contributed by atoms with van der Waals surface area (Å²) in [6.07, 6.45) is 11.9. The minimum Gasteiger partial charge on any atom is -0.453 e. The number of carbonyl (C=O) groups excluding carboxylic acids is 3. The van der Waals surface area contributed by atoms with Crippen LogP contribution in [0.5, 0.6) is 0 Å². The van der Waals surface area contributed by atoms with Crippen LogP contribution in [0.4, 0.5) is 9.59 Å². The van der Waals surface area contributed by atoms with Gasteiger partial charge in [-0.2, -0.15) is 0 Å². The molecule has 5 aliphatic rings. The zero-order valence-corrected chi connectivity index (χ0v) is 28.6. The highest BCUT2D eigenvalue weighted by Crippen LogP contribution is 2.45. The normalized spacial score (nSPS) is 29.2. The molecule has 5 aliphatic heterocycles. The highest BCUT2D eigenvalue weighted by atomic mass is 16.6. The quantitative estimate of drug-likeness (QED) is 0.402. The van der Waals surface area contributed by atoms with Gasteiger partial charge in [0.25, 0.3) is 5.91 Å². The number of methoxy groups -OCH3 is 1. The Morgan fingerprint density at radius 3 is 2.22 bits per heavy atom. The van der Waals surface area contributed by atoms with Gasteiger partial charge in [-0.3, -0.25) is 9.69 Å². The van der Waals surface area contributed by atoms with Gasteiger partial charge in [-0.05, 0) is 71.6 Å². The van der Waals surface area contributed by atoms with Crippen molar-refractivity contribution in [2.24, 2.45) is 11.8 Å². The van der Waals surface area contributed by atoms with Crippen molar-refractivity contribution < 1.29 is 23.9 Å². The van der Waals surface area contributed by atoms with Gasteiger partial charge in [0, 0.05) is 75.7 Å². The molecule has 0 aliphatic carbocycles. The Kier molecular flexibility index (Phi) is 9.52. The van der Waals surface area contributed by atoms with Crippen LogP contribution in [0.15, 0.2) is 6.33 Å². The summed E-state index contributed by atoms with van der Waals surface area (Å²) < 4.78 is 11.6. The lowest BCUT2D eigenvalue weighted by Crippen LogP contribution is -2.64. The number of fused-ring (bicyclic) bond motifs is 2. The Bertz CT molecular complexity index is 1260. The van der Waals surface area contributed by atoms with E-state index in [0.29, 0.717) is 37.0 Å². The molecule has 6 rings (SSSR count). The number of carbonyl (C=O) groups is 3. The minimum absolute atomic E-state index is 0.0116. The first kappa shape index (κ1) is 33.0. The average molecular weight is 639 g/mol. The van der Waals surface area contributed by atoms with Crippen molar-refractivity contribution in [2.75, 3.05) is 46.4 Å². The maximum Gasteiger partial charge on any atom is 0.410 e. The van der Waals surface area contributed by atoms with Crippen LogP contribution in [0.1, 0.15) is 106 Å². The second kappa shape index (κ2) is 13.3. The average Bonchev–Trinajstić information content (AvgIpc) is 3.31. The highest BCUT2D eigenvalue weighted by Gasteiger charge is 2.52. The fourth-order valence-corrected chi connectivity index (χ4v) is 9.44. The summed E-state index contributed by atoms with van der Waals surface area (Å²) in [6, 6.07) is 0.436. The van der Waals surface area contributed by atoms with Crippen molar-refractivity contribution in [3.8, 4) is 0 Å². The summed E-state index contributed by atoms with van der Waals surface area (Å²) in [7, 11) is 1.46. The fraction of sp³-hybridized carbons (Fsp3) is 0.800.